The van der Waals surface area contributed by atoms with Crippen LogP contribution in [0.3, 0.4) is 0 Å². The summed E-state index contributed by atoms with van der Waals surface area (Å²) in [7, 11) is 0. The molecule has 6 rings (SSSR count). The first-order chi connectivity index (χ1) is 20.5. The molecule has 11 heteroatoms. The lowest BCUT2D eigenvalue weighted by Gasteiger charge is -2.28. The van der Waals surface area contributed by atoms with Crippen LogP contribution in [0.4, 0.5) is 11.4 Å². The predicted octanol–water partition coefficient (Wildman–Crippen LogP) is 3.98. The molecule has 0 spiro atoms. The van der Waals surface area contributed by atoms with Crippen LogP contribution in [-0.4, -0.2) is 37.3 Å². The van der Waals surface area contributed by atoms with Gasteiger partial charge in [-0.15, -0.1) is 21.5 Å². The summed E-state index contributed by atoms with van der Waals surface area (Å²) in [5.74, 6) is 1.32. The van der Waals surface area contributed by atoms with E-state index in [1.165, 1.54) is 17.4 Å². The molecule has 0 radical (unpaired) electrons. The Labute approximate surface area is 246 Å². The second-order valence-electron chi connectivity index (χ2n) is 10.8. The van der Waals surface area contributed by atoms with E-state index < -0.39 is 0 Å². The van der Waals surface area contributed by atoms with E-state index in [2.05, 4.69) is 21.2 Å². The number of hydrogen-bond acceptors (Lipinski definition) is 8. The van der Waals surface area contributed by atoms with Crippen molar-refractivity contribution in [1.82, 2.24) is 19.3 Å². The van der Waals surface area contributed by atoms with Crippen LogP contribution in [0.1, 0.15) is 61.3 Å². The molecule has 0 amide bonds. The zero-order valence-corrected chi connectivity index (χ0v) is 24.3. The SMILES string of the molecule is Cc1ccccc1-n1c(=O)/c(=C\c2ccc(N3CCCCC3)c([N+](=O)[O-])c2)s/c1=C(/C#N)c1nnc2n1CCCCC2. The number of aryl methyl sites for hydroxylation is 2. The first kappa shape index (κ1) is 27.6. The van der Waals surface area contributed by atoms with Gasteiger partial charge in [-0.05, 0) is 68.4 Å². The largest absolute Gasteiger partial charge is 0.366 e. The van der Waals surface area contributed by atoms with Gasteiger partial charge in [0.2, 0.25) is 0 Å². The molecule has 1 fully saturated rings. The first-order valence-corrected chi connectivity index (χ1v) is 15.2. The minimum Gasteiger partial charge on any atom is -0.366 e. The summed E-state index contributed by atoms with van der Waals surface area (Å²) in [5, 5.41) is 31.3. The Morgan fingerprint density at radius 1 is 1.02 bits per heavy atom. The number of nitro benzene ring substituents is 1. The highest BCUT2D eigenvalue weighted by molar-refractivity contribution is 7.07. The van der Waals surface area contributed by atoms with E-state index >= 15 is 0 Å². The first-order valence-electron chi connectivity index (χ1n) is 14.4. The highest BCUT2D eigenvalue weighted by Crippen LogP contribution is 2.31. The highest BCUT2D eigenvalue weighted by Gasteiger charge is 2.23. The number of fused-ring (bicyclic) bond motifs is 1. The van der Waals surface area contributed by atoms with Crippen LogP contribution in [0.2, 0.25) is 0 Å². The van der Waals surface area contributed by atoms with Crippen LogP contribution < -0.4 is 19.7 Å². The summed E-state index contributed by atoms with van der Waals surface area (Å²) in [5.41, 5.74) is 2.72. The van der Waals surface area contributed by atoms with Gasteiger partial charge in [0.15, 0.2) is 5.82 Å². The molecule has 0 saturated carbocycles. The predicted molar refractivity (Wildman–Crippen MR) is 162 cm³/mol. The number of benzene rings is 2. The zero-order chi connectivity index (χ0) is 29.2. The fourth-order valence-corrected chi connectivity index (χ4v) is 6.97. The number of aromatic nitrogens is 4. The van der Waals surface area contributed by atoms with Gasteiger partial charge in [-0.1, -0.05) is 30.7 Å². The van der Waals surface area contributed by atoms with Gasteiger partial charge < -0.3 is 9.47 Å². The molecule has 214 valence electrons. The molecule has 0 unspecified atom stereocenters. The van der Waals surface area contributed by atoms with Gasteiger partial charge in [0, 0.05) is 32.1 Å². The minimum atomic E-state index is -0.356. The number of hydrogen-bond donors (Lipinski definition) is 0. The number of thiazole rings is 1. The van der Waals surface area contributed by atoms with Crippen LogP contribution in [0, 0.1) is 28.4 Å². The summed E-state index contributed by atoms with van der Waals surface area (Å²) < 4.78 is 4.40. The average Bonchev–Trinajstić information content (AvgIpc) is 3.44. The molecule has 0 N–H and O–H groups in total. The second kappa shape index (κ2) is 11.7. The summed E-state index contributed by atoms with van der Waals surface area (Å²) in [4.78, 5) is 27.8. The standard InChI is InChI=1S/C31H31N7O3S/c1-21-10-5-6-11-24(21)37-30(39)27(19-22-13-14-25(26(18-22)38(40)41)35-15-7-3-8-16-35)42-31(37)23(20-32)29-34-33-28-12-4-2-9-17-36(28)29/h5-6,10-11,13-14,18-19H,2-4,7-9,12,15-17H2,1H3/b27-19+,31-23-. The van der Waals surface area contributed by atoms with Gasteiger partial charge in [-0.25, -0.2) is 0 Å². The lowest BCUT2D eigenvalue weighted by atomic mass is 10.1. The maximum Gasteiger partial charge on any atom is 0.293 e. The Morgan fingerprint density at radius 2 is 1.79 bits per heavy atom. The van der Waals surface area contributed by atoms with Gasteiger partial charge in [0.05, 0.1) is 15.1 Å². The van der Waals surface area contributed by atoms with Gasteiger partial charge >= 0.3 is 0 Å². The van der Waals surface area contributed by atoms with Gasteiger partial charge in [0.1, 0.15) is 27.8 Å². The molecule has 0 aliphatic carbocycles. The zero-order valence-electron chi connectivity index (χ0n) is 23.5. The molecule has 4 heterocycles. The molecule has 42 heavy (non-hydrogen) atoms. The van der Waals surface area contributed by atoms with Crippen molar-refractivity contribution in [2.24, 2.45) is 0 Å². The van der Waals surface area contributed by atoms with E-state index in [0.717, 1.165) is 76.0 Å². The van der Waals surface area contributed by atoms with Crippen LogP contribution in [0.25, 0.3) is 17.3 Å². The normalized spacial score (nSPS) is 16.5. The molecule has 0 bridgehead atoms. The molecule has 2 aliphatic heterocycles. The van der Waals surface area contributed by atoms with E-state index in [-0.39, 0.29) is 21.7 Å². The topological polar surface area (TPSA) is 123 Å². The summed E-state index contributed by atoms with van der Waals surface area (Å²) in [6, 6.07) is 15.0. The van der Waals surface area contributed by atoms with Crippen LogP contribution >= 0.6 is 11.3 Å². The summed E-state index contributed by atoms with van der Waals surface area (Å²) in [6.07, 6.45) is 8.70. The number of nitriles is 1. The number of nitrogens with zero attached hydrogens (tertiary/aromatic N) is 7. The lowest BCUT2D eigenvalue weighted by molar-refractivity contribution is -0.384. The molecule has 2 aromatic carbocycles. The second-order valence-corrected chi connectivity index (χ2v) is 11.8. The fraction of sp³-hybridized carbons (Fsp3) is 0.355. The molecular formula is C31H31N7O3S. The van der Waals surface area contributed by atoms with Crippen molar-refractivity contribution in [3.8, 4) is 11.8 Å². The van der Waals surface area contributed by atoms with E-state index in [9.17, 15) is 20.2 Å². The van der Waals surface area contributed by atoms with Crippen molar-refractivity contribution in [3.63, 3.8) is 0 Å². The van der Waals surface area contributed by atoms with Crippen LogP contribution in [-0.2, 0) is 13.0 Å². The Morgan fingerprint density at radius 3 is 2.55 bits per heavy atom. The highest BCUT2D eigenvalue weighted by atomic mass is 32.1. The van der Waals surface area contributed by atoms with Gasteiger partial charge in [-0.2, -0.15) is 5.26 Å². The molecule has 0 atom stereocenters. The maximum absolute atomic E-state index is 14.0. The van der Waals surface area contributed by atoms with Crippen molar-refractivity contribution in [1.29, 1.82) is 5.26 Å². The van der Waals surface area contributed by atoms with Crippen molar-refractivity contribution >= 4 is 34.4 Å². The monoisotopic (exact) mass is 581 g/mol. The van der Waals surface area contributed by atoms with Gasteiger partial charge in [-0.3, -0.25) is 19.5 Å². The van der Waals surface area contributed by atoms with Crippen molar-refractivity contribution in [3.05, 3.63) is 94.9 Å². The number of piperidine rings is 1. The van der Waals surface area contributed by atoms with Crippen molar-refractivity contribution in [2.45, 2.75) is 58.4 Å². The molecule has 1 saturated heterocycles. The molecule has 4 aromatic rings. The molecule has 10 nitrogen and oxygen atoms in total. The summed E-state index contributed by atoms with van der Waals surface area (Å²) >= 11 is 1.19. The quantitative estimate of drug-likeness (QED) is 0.258. The molecular weight excluding hydrogens is 550 g/mol. The minimum absolute atomic E-state index is 0.0251. The molecule has 2 aliphatic rings. The van der Waals surface area contributed by atoms with E-state index in [4.69, 9.17) is 0 Å². The average molecular weight is 582 g/mol. The third kappa shape index (κ3) is 5.14. The number of para-hydroxylation sites is 1. The smallest absolute Gasteiger partial charge is 0.293 e. The number of anilines is 1. The Balaban J connectivity index is 1.58. The maximum atomic E-state index is 14.0. The summed E-state index contributed by atoms with van der Waals surface area (Å²) in [6.45, 7) is 4.22. The van der Waals surface area contributed by atoms with E-state index in [0.29, 0.717) is 32.0 Å². The Hall–Kier alpha value is -4.56. The van der Waals surface area contributed by atoms with E-state index in [1.807, 2.05) is 41.8 Å². The Bertz CT molecular complexity index is 1890. The fourth-order valence-electron chi connectivity index (χ4n) is 5.88. The number of nitro groups is 1. The van der Waals surface area contributed by atoms with Crippen LogP contribution in [0.5, 0.6) is 0 Å². The third-order valence-corrected chi connectivity index (χ3v) is 9.12. The van der Waals surface area contributed by atoms with Crippen molar-refractivity contribution in [2.75, 3.05) is 18.0 Å². The van der Waals surface area contributed by atoms with Crippen molar-refractivity contribution < 1.29 is 4.92 Å². The number of rotatable bonds is 5. The van der Waals surface area contributed by atoms with E-state index in [1.54, 1.807) is 16.7 Å². The van der Waals surface area contributed by atoms with Gasteiger partial charge in [0.25, 0.3) is 11.2 Å². The third-order valence-electron chi connectivity index (χ3n) is 8.03. The van der Waals surface area contributed by atoms with Crippen LogP contribution in [0.15, 0.2) is 47.3 Å². The molecule has 2 aromatic heterocycles. The lowest BCUT2D eigenvalue weighted by Crippen LogP contribution is -2.31. The Kier molecular flexibility index (Phi) is 7.71.